The number of oxime groups is 1. The minimum Gasteiger partial charge on any atom is -0.389 e. The highest BCUT2D eigenvalue weighted by Gasteiger charge is 2.48. The number of sulfone groups is 1. The van der Waals surface area contributed by atoms with Crippen molar-refractivity contribution in [3.8, 4) is 0 Å². The van der Waals surface area contributed by atoms with Crippen LogP contribution in [0.4, 0.5) is 19.0 Å². The number of aromatic nitrogens is 2. The van der Waals surface area contributed by atoms with Crippen LogP contribution in [0.1, 0.15) is 42.3 Å². The third-order valence-electron chi connectivity index (χ3n) is 4.47. The van der Waals surface area contributed by atoms with E-state index in [0.717, 1.165) is 0 Å². The van der Waals surface area contributed by atoms with E-state index < -0.39 is 38.1 Å². The van der Waals surface area contributed by atoms with Crippen LogP contribution in [0.15, 0.2) is 35.5 Å². The molecule has 1 aromatic carbocycles. The molecule has 11 heteroatoms. The van der Waals surface area contributed by atoms with Gasteiger partial charge in [-0.2, -0.15) is 18.3 Å². The standard InChI is InChI=1S/C18H21F3N4O3S/c1-17(2)10-12(24-28-17)29(26,27)14(11-8-6-5-7-9-11)13-15(18(19,20)21)22-23-16(13)25(3)4/h5-9,14H,10H2,1-4H3,(H,22,23). The number of rotatable bonds is 4. The van der Waals surface area contributed by atoms with E-state index in [1.807, 2.05) is 0 Å². The molecule has 7 nitrogen and oxygen atoms in total. The van der Waals surface area contributed by atoms with Crippen molar-refractivity contribution in [1.82, 2.24) is 10.2 Å². The van der Waals surface area contributed by atoms with E-state index in [4.69, 9.17) is 4.84 Å². The first-order valence-electron chi connectivity index (χ1n) is 8.71. The molecular weight excluding hydrogens is 409 g/mol. The van der Waals surface area contributed by atoms with E-state index in [9.17, 15) is 21.6 Å². The van der Waals surface area contributed by atoms with Gasteiger partial charge in [0.2, 0.25) is 9.84 Å². The molecule has 1 aliphatic rings. The van der Waals surface area contributed by atoms with E-state index in [1.165, 1.54) is 31.1 Å². The molecule has 1 aromatic heterocycles. The summed E-state index contributed by atoms with van der Waals surface area (Å²) in [5.41, 5.74) is -2.44. The predicted molar refractivity (Wildman–Crippen MR) is 102 cm³/mol. The Morgan fingerprint density at radius 2 is 1.83 bits per heavy atom. The van der Waals surface area contributed by atoms with Crippen molar-refractivity contribution in [2.24, 2.45) is 5.16 Å². The van der Waals surface area contributed by atoms with E-state index in [2.05, 4.69) is 15.4 Å². The van der Waals surface area contributed by atoms with Crippen LogP contribution in [0.25, 0.3) is 0 Å². The maximum absolute atomic E-state index is 13.7. The first kappa shape index (κ1) is 21.2. The number of nitrogens with zero attached hydrogens (tertiary/aromatic N) is 3. The lowest BCUT2D eigenvalue weighted by atomic mass is 10.0. The predicted octanol–water partition coefficient (Wildman–Crippen LogP) is 3.51. The molecule has 2 aromatic rings. The second-order valence-electron chi connectivity index (χ2n) is 7.58. The highest BCUT2D eigenvalue weighted by atomic mass is 32.2. The zero-order valence-electron chi connectivity index (χ0n) is 16.3. The fourth-order valence-corrected chi connectivity index (χ4v) is 5.18. The van der Waals surface area contributed by atoms with E-state index in [-0.39, 0.29) is 22.8 Å². The quantitative estimate of drug-likeness (QED) is 0.802. The van der Waals surface area contributed by atoms with Crippen molar-refractivity contribution in [1.29, 1.82) is 0 Å². The first-order chi connectivity index (χ1) is 13.3. The summed E-state index contributed by atoms with van der Waals surface area (Å²) in [7, 11) is -1.34. The number of H-pyrrole nitrogens is 1. The highest BCUT2D eigenvalue weighted by Crippen LogP contribution is 2.44. The van der Waals surface area contributed by atoms with Gasteiger partial charge in [-0.3, -0.25) is 5.10 Å². The summed E-state index contributed by atoms with van der Waals surface area (Å²) in [6.07, 6.45) is -4.90. The topological polar surface area (TPSA) is 87.7 Å². The van der Waals surface area contributed by atoms with Gasteiger partial charge in [0.15, 0.2) is 10.7 Å². The fourth-order valence-electron chi connectivity index (χ4n) is 3.17. The molecule has 1 atom stereocenters. The maximum Gasteiger partial charge on any atom is 0.435 e. The SMILES string of the molecule is CN(C)c1[nH]nc(C(F)(F)F)c1C(c1ccccc1)S(=O)(=O)C1=NOC(C)(C)C1. The average molecular weight is 430 g/mol. The number of halogens is 3. The molecular formula is C18H21F3N4O3S. The van der Waals surface area contributed by atoms with Crippen LogP contribution in [-0.2, 0) is 20.9 Å². The van der Waals surface area contributed by atoms with Crippen LogP contribution in [0.3, 0.4) is 0 Å². The summed E-state index contributed by atoms with van der Waals surface area (Å²) in [4.78, 5) is 6.53. The molecule has 0 saturated carbocycles. The molecule has 0 amide bonds. The van der Waals surface area contributed by atoms with Gasteiger partial charge >= 0.3 is 6.18 Å². The van der Waals surface area contributed by atoms with Crippen molar-refractivity contribution >= 4 is 20.7 Å². The molecule has 1 aliphatic heterocycles. The van der Waals surface area contributed by atoms with Crippen molar-refractivity contribution in [3.05, 3.63) is 47.2 Å². The van der Waals surface area contributed by atoms with Gasteiger partial charge < -0.3 is 9.74 Å². The summed E-state index contributed by atoms with van der Waals surface area (Å²) in [5.74, 6) is -0.0477. The Bertz CT molecular complexity index is 1030. The van der Waals surface area contributed by atoms with Gasteiger partial charge in [0.05, 0.1) is 0 Å². The zero-order valence-corrected chi connectivity index (χ0v) is 17.1. The van der Waals surface area contributed by atoms with Crippen LogP contribution in [0, 0.1) is 0 Å². The third-order valence-corrected chi connectivity index (χ3v) is 6.48. The van der Waals surface area contributed by atoms with Crippen LogP contribution in [0.2, 0.25) is 0 Å². The monoisotopic (exact) mass is 430 g/mol. The fraction of sp³-hybridized carbons (Fsp3) is 0.444. The number of nitrogens with one attached hydrogen (secondary N) is 1. The van der Waals surface area contributed by atoms with Gasteiger partial charge in [0.25, 0.3) is 0 Å². The second kappa shape index (κ2) is 7.05. The molecule has 2 heterocycles. The Morgan fingerprint density at radius 3 is 2.31 bits per heavy atom. The summed E-state index contributed by atoms with van der Waals surface area (Å²) < 4.78 is 68.3. The third kappa shape index (κ3) is 3.96. The van der Waals surface area contributed by atoms with Crippen molar-refractivity contribution in [2.45, 2.75) is 37.3 Å². The molecule has 158 valence electrons. The maximum atomic E-state index is 13.7. The Hall–Kier alpha value is -2.56. The van der Waals surface area contributed by atoms with Gasteiger partial charge in [-0.15, -0.1) is 0 Å². The van der Waals surface area contributed by atoms with Crippen LogP contribution >= 0.6 is 0 Å². The Balaban J connectivity index is 2.29. The Morgan fingerprint density at radius 1 is 1.21 bits per heavy atom. The molecule has 1 unspecified atom stereocenters. The minimum absolute atomic E-state index is 0.0465. The number of hydrogen-bond acceptors (Lipinski definition) is 6. The van der Waals surface area contributed by atoms with Crippen molar-refractivity contribution < 1.29 is 26.4 Å². The molecule has 29 heavy (non-hydrogen) atoms. The van der Waals surface area contributed by atoms with Gasteiger partial charge in [0, 0.05) is 26.1 Å². The summed E-state index contributed by atoms with van der Waals surface area (Å²) in [5, 5.41) is 7.46. The lowest BCUT2D eigenvalue weighted by molar-refractivity contribution is -0.141. The number of anilines is 1. The van der Waals surface area contributed by atoms with Gasteiger partial charge in [-0.25, -0.2) is 8.42 Å². The lowest BCUT2D eigenvalue weighted by Gasteiger charge is -2.22. The second-order valence-corrected chi connectivity index (χ2v) is 9.61. The number of benzene rings is 1. The largest absolute Gasteiger partial charge is 0.435 e. The molecule has 0 radical (unpaired) electrons. The smallest absolute Gasteiger partial charge is 0.389 e. The van der Waals surface area contributed by atoms with E-state index in [1.54, 1.807) is 32.0 Å². The molecule has 0 bridgehead atoms. The van der Waals surface area contributed by atoms with Crippen LogP contribution < -0.4 is 4.90 Å². The average Bonchev–Trinajstić information content (AvgIpc) is 3.19. The van der Waals surface area contributed by atoms with E-state index >= 15 is 0 Å². The van der Waals surface area contributed by atoms with Gasteiger partial charge in [-0.1, -0.05) is 35.5 Å². The summed E-state index contributed by atoms with van der Waals surface area (Å²) >= 11 is 0. The molecule has 0 spiro atoms. The number of aromatic amines is 1. The highest BCUT2D eigenvalue weighted by molar-refractivity contribution is 8.06. The molecule has 0 saturated heterocycles. The zero-order chi connectivity index (χ0) is 21.6. The van der Waals surface area contributed by atoms with Crippen LogP contribution in [0.5, 0.6) is 0 Å². The molecule has 3 rings (SSSR count). The number of hydrogen-bond donors (Lipinski definition) is 1. The van der Waals surface area contributed by atoms with Crippen molar-refractivity contribution in [3.63, 3.8) is 0 Å². The first-order valence-corrected chi connectivity index (χ1v) is 10.3. The van der Waals surface area contributed by atoms with Gasteiger partial charge in [-0.05, 0) is 19.4 Å². The lowest BCUT2D eigenvalue weighted by Crippen LogP contribution is -2.28. The Kier molecular flexibility index (Phi) is 5.14. The molecule has 1 N–H and O–H groups in total. The van der Waals surface area contributed by atoms with Crippen molar-refractivity contribution in [2.75, 3.05) is 19.0 Å². The van der Waals surface area contributed by atoms with Gasteiger partial charge in [0.1, 0.15) is 16.7 Å². The Labute approximate surface area is 166 Å². The summed E-state index contributed by atoms with van der Waals surface area (Å²) in [6, 6.07) is 7.72. The number of alkyl halides is 3. The molecule has 0 aliphatic carbocycles. The van der Waals surface area contributed by atoms with Crippen LogP contribution in [-0.4, -0.2) is 43.4 Å². The minimum atomic E-state index is -4.85. The summed E-state index contributed by atoms with van der Waals surface area (Å²) in [6.45, 7) is 3.31. The normalized spacial score (nSPS) is 17.6. The molecule has 0 fully saturated rings. The van der Waals surface area contributed by atoms with E-state index in [0.29, 0.717) is 0 Å².